The quantitative estimate of drug-likeness (QED) is 0.611. The molecule has 9 heteroatoms. The second-order valence-corrected chi connectivity index (χ2v) is 6.70. The molecular weight excluding hydrogens is 296 g/mol. The van der Waals surface area contributed by atoms with Crippen LogP contribution >= 0.6 is 0 Å². The van der Waals surface area contributed by atoms with Crippen LogP contribution in [0.3, 0.4) is 0 Å². The van der Waals surface area contributed by atoms with Gasteiger partial charge in [-0.2, -0.15) is 0 Å². The molecule has 1 atom stereocenters. The van der Waals surface area contributed by atoms with Crippen molar-refractivity contribution in [2.24, 2.45) is 16.8 Å². The largest absolute Gasteiger partial charge is 0.366 e. The van der Waals surface area contributed by atoms with Crippen molar-refractivity contribution in [2.75, 3.05) is 24.5 Å². The van der Waals surface area contributed by atoms with Gasteiger partial charge in [0.2, 0.25) is 10.0 Å². The monoisotopic (exact) mass is 314 g/mol. The van der Waals surface area contributed by atoms with E-state index in [4.69, 9.17) is 10.9 Å². The second kappa shape index (κ2) is 5.96. The Morgan fingerprint density at radius 3 is 2.71 bits per heavy atom. The van der Waals surface area contributed by atoms with Gasteiger partial charge in [0, 0.05) is 19.2 Å². The van der Waals surface area contributed by atoms with Crippen molar-refractivity contribution in [1.82, 2.24) is 0 Å². The van der Waals surface area contributed by atoms with Gasteiger partial charge in [0.05, 0.1) is 9.82 Å². The van der Waals surface area contributed by atoms with E-state index >= 15 is 0 Å². The predicted molar refractivity (Wildman–Crippen MR) is 78.5 cm³/mol. The van der Waals surface area contributed by atoms with Gasteiger partial charge < -0.3 is 10.6 Å². The van der Waals surface area contributed by atoms with Crippen LogP contribution in [0.5, 0.6) is 0 Å². The smallest absolute Gasteiger partial charge is 0.293 e. The molecule has 8 nitrogen and oxygen atoms in total. The maximum Gasteiger partial charge on any atom is 0.293 e. The van der Waals surface area contributed by atoms with Crippen LogP contribution in [0, 0.1) is 16.0 Å². The highest BCUT2D eigenvalue weighted by molar-refractivity contribution is 7.89. The number of nitrogens with two attached hydrogens (primary N) is 2. The normalized spacial score (nSPS) is 19.5. The summed E-state index contributed by atoms with van der Waals surface area (Å²) in [6.45, 7) is 1.84. The Labute approximate surface area is 122 Å². The lowest BCUT2D eigenvalue weighted by atomic mass is 9.97. The molecule has 0 aliphatic carbocycles. The number of nitro benzene ring substituents is 1. The molecule has 1 aliphatic heterocycles. The maximum atomic E-state index is 11.3. The minimum absolute atomic E-state index is 0.251. The standard InChI is InChI=1S/C12H18N4O4S/c13-7-9-2-1-5-15(8-9)11-4-3-10(21(14,19)20)6-12(11)16(17)18/h3-4,6,9H,1-2,5,7-8,13H2,(H2,14,19,20). The van der Waals surface area contributed by atoms with Gasteiger partial charge in [-0.3, -0.25) is 10.1 Å². The minimum atomic E-state index is -3.96. The van der Waals surface area contributed by atoms with Crippen molar-refractivity contribution < 1.29 is 13.3 Å². The van der Waals surface area contributed by atoms with E-state index in [9.17, 15) is 18.5 Å². The van der Waals surface area contributed by atoms with Crippen LogP contribution < -0.4 is 15.8 Å². The van der Waals surface area contributed by atoms with Gasteiger partial charge in [0.15, 0.2) is 0 Å². The second-order valence-electron chi connectivity index (χ2n) is 5.14. The number of sulfonamides is 1. The van der Waals surface area contributed by atoms with Crippen LogP contribution in [0.15, 0.2) is 23.1 Å². The Hall–Kier alpha value is -1.71. The van der Waals surface area contributed by atoms with E-state index in [1.54, 1.807) is 0 Å². The van der Waals surface area contributed by atoms with E-state index in [-0.39, 0.29) is 16.5 Å². The summed E-state index contributed by atoms with van der Waals surface area (Å²) in [5, 5.41) is 16.2. The third-order valence-electron chi connectivity index (χ3n) is 3.67. The van der Waals surface area contributed by atoms with Crippen LogP contribution in [0.25, 0.3) is 0 Å². The fourth-order valence-corrected chi connectivity index (χ4v) is 3.10. The number of primary sulfonamides is 1. The number of anilines is 1. The van der Waals surface area contributed by atoms with Crippen molar-refractivity contribution in [2.45, 2.75) is 17.7 Å². The van der Waals surface area contributed by atoms with Gasteiger partial charge in [-0.1, -0.05) is 0 Å². The molecule has 21 heavy (non-hydrogen) atoms. The molecule has 1 fully saturated rings. The van der Waals surface area contributed by atoms with Crippen LogP contribution in [0.1, 0.15) is 12.8 Å². The van der Waals surface area contributed by atoms with Crippen molar-refractivity contribution in [1.29, 1.82) is 0 Å². The highest BCUT2D eigenvalue weighted by atomic mass is 32.2. The summed E-state index contributed by atoms with van der Waals surface area (Å²) in [5.74, 6) is 0.288. The molecule has 1 heterocycles. The molecule has 116 valence electrons. The number of hydrogen-bond acceptors (Lipinski definition) is 6. The molecule has 2 rings (SSSR count). The minimum Gasteiger partial charge on any atom is -0.366 e. The van der Waals surface area contributed by atoms with E-state index < -0.39 is 14.9 Å². The van der Waals surface area contributed by atoms with Crippen LogP contribution in [-0.2, 0) is 10.0 Å². The SMILES string of the molecule is NCC1CCCN(c2ccc(S(N)(=O)=O)cc2[N+](=O)[O-])C1. The van der Waals surface area contributed by atoms with E-state index in [1.807, 2.05) is 4.90 Å². The highest BCUT2D eigenvalue weighted by Crippen LogP contribution is 2.33. The Balaban J connectivity index is 2.41. The molecular formula is C12H18N4O4S. The zero-order valence-corrected chi connectivity index (χ0v) is 12.3. The van der Waals surface area contributed by atoms with Gasteiger partial charge in [-0.25, -0.2) is 13.6 Å². The summed E-state index contributed by atoms with van der Waals surface area (Å²) in [7, 11) is -3.96. The first-order valence-corrected chi connectivity index (χ1v) is 8.14. The molecule has 1 unspecified atom stereocenters. The van der Waals surface area contributed by atoms with Crippen molar-refractivity contribution >= 4 is 21.4 Å². The Bertz CT molecular complexity index is 647. The van der Waals surface area contributed by atoms with Crippen molar-refractivity contribution in [3.05, 3.63) is 28.3 Å². The molecule has 0 amide bonds. The van der Waals surface area contributed by atoms with Gasteiger partial charge in [-0.05, 0) is 37.4 Å². The van der Waals surface area contributed by atoms with Gasteiger partial charge >= 0.3 is 0 Å². The summed E-state index contributed by atoms with van der Waals surface area (Å²) in [4.78, 5) is 12.2. The first-order valence-electron chi connectivity index (χ1n) is 6.59. The van der Waals surface area contributed by atoms with E-state index in [0.29, 0.717) is 25.3 Å². The first kappa shape index (κ1) is 15.7. The van der Waals surface area contributed by atoms with Gasteiger partial charge in [0.25, 0.3) is 5.69 Å². The van der Waals surface area contributed by atoms with E-state index in [1.165, 1.54) is 12.1 Å². The number of rotatable bonds is 4. The van der Waals surface area contributed by atoms with Crippen LogP contribution in [0.2, 0.25) is 0 Å². The number of hydrogen-bond donors (Lipinski definition) is 2. The van der Waals surface area contributed by atoms with Gasteiger partial charge in [-0.15, -0.1) is 0 Å². The zero-order valence-electron chi connectivity index (χ0n) is 11.4. The Morgan fingerprint density at radius 2 is 2.14 bits per heavy atom. The third-order valence-corrected chi connectivity index (χ3v) is 4.58. The summed E-state index contributed by atoms with van der Waals surface area (Å²) >= 11 is 0. The predicted octanol–water partition coefficient (Wildman–Crippen LogP) is 0.417. The molecule has 1 aromatic rings. The zero-order chi connectivity index (χ0) is 15.6. The summed E-state index contributed by atoms with van der Waals surface area (Å²) in [6, 6.07) is 3.75. The molecule has 1 aliphatic rings. The lowest BCUT2D eigenvalue weighted by molar-refractivity contribution is -0.384. The molecule has 0 bridgehead atoms. The molecule has 1 saturated heterocycles. The van der Waals surface area contributed by atoms with E-state index in [2.05, 4.69) is 0 Å². The Kier molecular flexibility index (Phi) is 4.45. The average Bonchev–Trinajstić information content (AvgIpc) is 2.45. The molecule has 0 spiro atoms. The summed E-state index contributed by atoms with van der Waals surface area (Å²) < 4.78 is 22.6. The van der Waals surface area contributed by atoms with Crippen LogP contribution in [0.4, 0.5) is 11.4 Å². The summed E-state index contributed by atoms with van der Waals surface area (Å²) in [6.07, 6.45) is 1.89. The Morgan fingerprint density at radius 1 is 1.43 bits per heavy atom. The number of benzene rings is 1. The number of nitrogens with zero attached hydrogens (tertiary/aromatic N) is 2. The average molecular weight is 314 g/mol. The molecule has 0 radical (unpaired) electrons. The molecule has 1 aromatic carbocycles. The van der Waals surface area contributed by atoms with Crippen molar-refractivity contribution in [3.8, 4) is 0 Å². The van der Waals surface area contributed by atoms with Crippen LogP contribution in [-0.4, -0.2) is 33.0 Å². The number of piperidine rings is 1. The molecule has 0 saturated carbocycles. The lowest BCUT2D eigenvalue weighted by Crippen LogP contribution is -2.38. The van der Waals surface area contributed by atoms with Crippen molar-refractivity contribution in [3.63, 3.8) is 0 Å². The topological polar surface area (TPSA) is 133 Å². The molecule has 4 N–H and O–H groups in total. The third kappa shape index (κ3) is 3.49. The molecule has 0 aromatic heterocycles. The number of nitro groups is 1. The maximum absolute atomic E-state index is 11.3. The fraction of sp³-hybridized carbons (Fsp3) is 0.500. The van der Waals surface area contributed by atoms with Gasteiger partial charge in [0.1, 0.15) is 5.69 Å². The van der Waals surface area contributed by atoms with E-state index in [0.717, 1.165) is 18.9 Å². The summed E-state index contributed by atoms with van der Waals surface area (Å²) in [5.41, 5.74) is 5.82. The first-order chi connectivity index (χ1) is 9.82. The fourth-order valence-electron chi connectivity index (χ4n) is 2.57. The highest BCUT2D eigenvalue weighted by Gasteiger charge is 2.26. The lowest BCUT2D eigenvalue weighted by Gasteiger charge is -2.33.